The molecule has 0 aromatic carbocycles. The second-order valence-electron chi connectivity index (χ2n) is 5.63. The number of ether oxygens (including phenoxy) is 1. The van der Waals surface area contributed by atoms with Gasteiger partial charge in [0.25, 0.3) is 0 Å². The highest BCUT2D eigenvalue weighted by Gasteiger charge is 2.38. The number of rotatable bonds is 1. The number of hydrogen-bond acceptors (Lipinski definition) is 3. The van der Waals surface area contributed by atoms with Crippen molar-refractivity contribution in [2.75, 3.05) is 32.8 Å². The molecular formula is C13H25ClN2O2. The van der Waals surface area contributed by atoms with E-state index in [-0.39, 0.29) is 23.9 Å². The summed E-state index contributed by atoms with van der Waals surface area (Å²) in [6, 6.07) is 0. The summed E-state index contributed by atoms with van der Waals surface area (Å²) in [6.07, 6.45) is 3.23. The van der Waals surface area contributed by atoms with Crippen molar-refractivity contribution in [3.8, 4) is 0 Å². The van der Waals surface area contributed by atoms with Crippen molar-refractivity contribution in [1.82, 2.24) is 10.2 Å². The SMILES string of the molecule is CC1CN(C(=O)C2(C)CCCNC2)CCCO1.Cl. The smallest absolute Gasteiger partial charge is 0.229 e. The quantitative estimate of drug-likeness (QED) is 0.788. The maximum atomic E-state index is 12.6. The fourth-order valence-electron chi connectivity index (χ4n) is 2.80. The zero-order valence-corrected chi connectivity index (χ0v) is 12.2. The molecule has 1 amide bonds. The van der Waals surface area contributed by atoms with Crippen LogP contribution in [0.1, 0.15) is 33.1 Å². The van der Waals surface area contributed by atoms with Gasteiger partial charge in [0.1, 0.15) is 0 Å². The second-order valence-corrected chi connectivity index (χ2v) is 5.63. The lowest BCUT2D eigenvalue weighted by molar-refractivity contribution is -0.142. The van der Waals surface area contributed by atoms with Crippen molar-refractivity contribution in [2.45, 2.75) is 39.2 Å². The van der Waals surface area contributed by atoms with E-state index in [0.29, 0.717) is 5.91 Å². The summed E-state index contributed by atoms with van der Waals surface area (Å²) in [6.45, 7) is 8.37. The lowest BCUT2D eigenvalue weighted by Crippen LogP contribution is -2.51. The fourth-order valence-corrected chi connectivity index (χ4v) is 2.80. The van der Waals surface area contributed by atoms with Crippen LogP contribution in [0.4, 0.5) is 0 Å². The number of carbonyl (C=O) groups is 1. The molecule has 0 bridgehead atoms. The first kappa shape index (κ1) is 15.7. The van der Waals surface area contributed by atoms with Crippen molar-refractivity contribution in [1.29, 1.82) is 0 Å². The minimum atomic E-state index is -0.206. The van der Waals surface area contributed by atoms with Gasteiger partial charge in [-0.25, -0.2) is 0 Å². The van der Waals surface area contributed by atoms with Crippen molar-refractivity contribution >= 4 is 18.3 Å². The van der Waals surface area contributed by atoms with E-state index in [2.05, 4.69) is 12.2 Å². The van der Waals surface area contributed by atoms with Crippen LogP contribution in [0, 0.1) is 5.41 Å². The van der Waals surface area contributed by atoms with Gasteiger partial charge in [-0.3, -0.25) is 4.79 Å². The third kappa shape index (κ3) is 3.59. The summed E-state index contributed by atoms with van der Waals surface area (Å²) in [5.74, 6) is 0.307. The van der Waals surface area contributed by atoms with Gasteiger partial charge in [0.05, 0.1) is 11.5 Å². The molecule has 0 saturated carbocycles. The van der Waals surface area contributed by atoms with Crippen LogP contribution in [-0.2, 0) is 9.53 Å². The highest BCUT2D eigenvalue weighted by atomic mass is 35.5. The van der Waals surface area contributed by atoms with E-state index >= 15 is 0 Å². The Morgan fingerprint density at radius 2 is 2.22 bits per heavy atom. The van der Waals surface area contributed by atoms with Gasteiger partial charge in [0.15, 0.2) is 0 Å². The zero-order valence-electron chi connectivity index (χ0n) is 11.4. The summed E-state index contributed by atoms with van der Waals surface area (Å²) in [4.78, 5) is 14.6. The molecule has 2 heterocycles. The Bertz CT molecular complexity index is 280. The molecule has 2 aliphatic rings. The standard InChI is InChI=1S/C13H24N2O2.ClH/c1-11-9-15(7-4-8-17-11)12(16)13(2)5-3-6-14-10-13;/h11,14H,3-10H2,1-2H3;1H. The minimum absolute atomic E-state index is 0. The van der Waals surface area contributed by atoms with E-state index in [0.717, 1.165) is 52.0 Å². The van der Waals surface area contributed by atoms with Gasteiger partial charge in [0.2, 0.25) is 5.91 Å². The summed E-state index contributed by atoms with van der Waals surface area (Å²) in [5, 5.41) is 3.34. The van der Waals surface area contributed by atoms with E-state index in [1.165, 1.54) is 0 Å². The van der Waals surface area contributed by atoms with Crippen LogP contribution >= 0.6 is 12.4 Å². The molecule has 106 valence electrons. The van der Waals surface area contributed by atoms with E-state index in [4.69, 9.17) is 4.74 Å². The monoisotopic (exact) mass is 276 g/mol. The van der Waals surface area contributed by atoms with Crippen LogP contribution in [0.25, 0.3) is 0 Å². The lowest BCUT2D eigenvalue weighted by Gasteiger charge is -2.37. The minimum Gasteiger partial charge on any atom is -0.377 e. The number of piperidine rings is 1. The van der Waals surface area contributed by atoms with E-state index in [1.807, 2.05) is 11.8 Å². The third-order valence-corrected chi connectivity index (χ3v) is 3.85. The maximum Gasteiger partial charge on any atom is 0.229 e. The normalized spacial score (nSPS) is 33.4. The van der Waals surface area contributed by atoms with Gasteiger partial charge in [-0.2, -0.15) is 0 Å². The Balaban J connectivity index is 0.00000162. The maximum absolute atomic E-state index is 12.6. The highest BCUT2D eigenvalue weighted by molar-refractivity contribution is 5.85. The fraction of sp³-hybridized carbons (Fsp3) is 0.923. The van der Waals surface area contributed by atoms with Crippen molar-refractivity contribution in [2.24, 2.45) is 5.41 Å². The molecule has 18 heavy (non-hydrogen) atoms. The molecule has 2 rings (SSSR count). The predicted octanol–water partition coefficient (Wildman–Crippen LogP) is 1.44. The molecule has 2 aliphatic heterocycles. The molecular weight excluding hydrogens is 252 g/mol. The van der Waals surface area contributed by atoms with Crippen LogP contribution in [0.2, 0.25) is 0 Å². The van der Waals surface area contributed by atoms with Gasteiger partial charge < -0.3 is 15.0 Å². The number of hydrogen-bond donors (Lipinski definition) is 1. The molecule has 2 saturated heterocycles. The van der Waals surface area contributed by atoms with Gasteiger partial charge >= 0.3 is 0 Å². The molecule has 0 aromatic heterocycles. The summed E-state index contributed by atoms with van der Waals surface area (Å²) < 4.78 is 5.59. The van der Waals surface area contributed by atoms with Crippen molar-refractivity contribution in [3.05, 3.63) is 0 Å². The largest absolute Gasteiger partial charge is 0.377 e. The molecule has 2 atom stereocenters. The van der Waals surface area contributed by atoms with Crippen molar-refractivity contribution < 1.29 is 9.53 Å². The molecule has 0 aromatic rings. The first-order valence-corrected chi connectivity index (χ1v) is 6.73. The molecule has 4 nitrogen and oxygen atoms in total. The summed E-state index contributed by atoms with van der Waals surface area (Å²) in [7, 11) is 0. The Morgan fingerprint density at radius 1 is 1.44 bits per heavy atom. The summed E-state index contributed by atoms with van der Waals surface area (Å²) in [5.41, 5.74) is -0.206. The first-order chi connectivity index (χ1) is 8.12. The second kappa shape index (κ2) is 6.73. The first-order valence-electron chi connectivity index (χ1n) is 6.73. The van der Waals surface area contributed by atoms with Crippen LogP contribution in [0.5, 0.6) is 0 Å². The topological polar surface area (TPSA) is 41.6 Å². The van der Waals surface area contributed by atoms with E-state index in [1.54, 1.807) is 0 Å². The highest BCUT2D eigenvalue weighted by Crippen LogP contribution is 2.28. The molecule has 0 radical (unpaired) electrons. The number of halogens is 1. The average molecular weight is 277 g/mol. The van der Waals surface area contributed by atoms with E-state index < -0.39 is 0 Å². The molecule has 2 fully saturated rings. The Kier molecular flexibility index (Phi) is 5.89. The molecule has 0 spiro atoms. The average Bonchev–Trinajstić information content (AvgIpc) is 2.54. The zero-order chi connectivity index (χ0) is 12.3. The lowest BCUT2D eigenvalue weighted by atomic mass is 9.81. The molecule has 2 unspecified atom stereocenters. The molecule has 0 aliphatic carbocycles. The van der Waals surface area contributed by atoms with Gasteiger partial charge in [-0.15, -0.1) is 12.4 Å². The number of amides is 1. The number of carbonyl (C=O) groups excluding carboxylic acids is 1. The number of nitrogens with one attached hydrogen (secondary N) is 1. The Labute approximate surface area is 116 Å². The third-order valence-electron chi connectivity index (χ3n) is 3.85. The van der Waals surface area contributed by atoms with E-state index in [9.17, 15) is 4.79 Å². The van der Waals surface area contributed by atoms with Gasteiger partial charge in [0, 0.05) is 26.2 Å². The van der Waals surface area contributed by atoms with Crippen molar-refractivity contribution in [3.63, 3.8) is 0 Å². The van der Waals surface area contributed by atoms with Crippen LogP contribution in [0.3, 0.4) is 0 Å². The predicted molar refractivity (Wildman–Crippen MR) is 74.1 cm³/mol. The van der Waals surface area contributed by atoms with Gasteiger partial charge in [-0.1, -0.05) is 0 Å². The Morgan fingerprint density at radius 3 is 2.89 bits per heavy atom. The Hall–Kier alpha value is -0.320. The van der Waals surface area contributed by atoms with Gasteiger partial charge in [-0.05, 0) is 39.7 Å². The molecule has 5 heteroatoms. The van der Waals surface area contributed by atoms with Crippen LogP contribution in [0.15, 0.2) is 0 Å². The van der Waals surface area contributed by atoms with Crippen LogP contribution < -0.4 is 5.32 Å². The summed E-state index contributed by atoms with van der Waals surface area (Å²) >= 11 is 0. The van der Waals surface area contributed by atoms with Crippen LogP contribution in [-0.4, -0.2) is 49.7 Å². The number of nitrogens with zero attached hydrogens (tertiary/aromatic N) is 1. The molecule has 1 N–H and O–H groups in total.